The van der Waals surface area contributed by atoms with E-state index >= 15 is 0 Å². The van der Waals surface area contributed by atoms with E-state index in [1.807, 2.05) is 0 Å². The fourth-order valence-electron chi connectivity index (χ4n) is 3.14. The molecule has 0 aromatic heterocycles. The lowest BCUT2D eigenvalue weighted by Gasteiger charge is -2.28. The highest BCUT2D eigenvalue weighted by Crippen LogP contribution is 2.26. The average Bonchev–Trinajstić information content (AvgIpc) is 3.02. The van der Waals surface area contributed by atoms with Gasteiger partial charge in [0, 0.05) is 30.1 Å². The molecule has 28 heavy (non-hydrogen) atoms. The van der Waals surface area contributed by atoms with E-state index in [0.29, 0.717) is 28.7 Å². The Balaban J connectivity index is 1.52. The Labute approximate surface area is 166 Å². The van der Waals surface area contributed by atoms with Crippen LogP contribution in [-0.2, 0) is 0 Å². The molecule has 7 nitrogen and oxygen atoms in total. The maximum absolute atomic E-state index is 13.7. The third-order valence-corrected chi connectivity index (χ3v) is 5.05. The molecule has 2 fully saturated rings. The van der Waals surface area contributed by atoms with Crippen LogP contribution in [-0.4, -0.2) is 55.0 Å². The van der Waals surface area contributed by atoms with Gasteiger partial charge in [0.2, 0.25) is 0 Å². The van der Waals surface area contributed by atoms with Crippen molar-refractivity contribution >= 4 is 29.4 Å². The summed E-state index contributed by atoms with van der Waals surface area (Å²) in [6, 6.07) is 4.11. The van der Waals surface area contributed by atoms with Crippen LogP contribution in [0.1, 0.15) is 16.8 Å². The Hall–Kier alpha value is -2.71. The van der Waals surface area contributed by atoms with Gasteiger partial charge in [0.25, 0.3) is 5.91 Å². The predicted octanol–water partition coefficient (Wildman–Crippen LogP) is 2.01. The van der Waals surface area contributed by atoms with Gasteiger partial charge in [0.05, 0.1) is 29.4 Å². The van der Waals surface area contributed by atoms with E-state index in [4.69, 9.17) is 21.7 Å². The van der Waals surface area contributed by atoms with Crippen molar-refractivity contribution in [1.29, 1.82) is 5.41 Å². The number of ether oxygens (including phenoxy) is 1. The molecule has 0 spiro atoms. The van der Waals surface area contributed by atoms with Gasteiger partial charge in [-0.2, -0.15) is 0 Å². The number of rotatable bonds is 4. The monoisotopic (exact) mass is 403 g/mol. The maximum atomic E-state index is 13.7. The number of carbonyl (C=O) groups is 1. The van der Waals surface area contributed by atoms with Crippen LogP contribution in [0.25, 0.3) is 0 Å². The van der Waals surface area contributed by atoms with Gasteiger partial charge in [-0.05, 0) is 25.1 Å². The minimum Gasteiger partial charge on any atom is -0.491 e. The SMILES string of the molecule is N=C1CN(C(=O)c2ccc(F)cc2OCC2CCN2)C/C1=C1\N=CC(Cl)=CN1. The standard InChI is InChI=1S/C19H19ClFN5O2/c20-11-6-24-18(25-7-11)15-8-26(9-16(15)22)19(27)14-2-1-12(21)5-17(14)28-10-13-3-4-23-13/h1-2,5-7,13,22-24H,3-4,8-10H2/b18-15+,22-16?. The number of hydrogen-bond acceptors (Lipinski definition) is 6. The zero-order chi connectivity index (χ0) is 19.7. The van der Waals surface area contributed by atoms with Crippen LogP contribution in [0.2, 0.25) is 0 Å². The minimum absolute atomic E-state index is 0.146. The molecule has 3 N–H and O–H groups in total. The van der Waals surface area contributed by atoms with Crippen molar-refractivity contribution in [1.82, 2.24) is 15.5 Å². The lowest BCUT2D eigenvalue weighted by molar-refractivity contribution is 0.0798. The third-order valence-electron chi connectivity index (χ3n) is 4.84. The molecule has 0 saturated carbocycles. The van der Waals surface area contributed by atoms with Crippen LogP contribution in [0, 0.1) is 11.2 Å². The number of benzene rings is 1. The quantitative estimate of drug-likeness (QED) is 0.717. The van der Waals surface area contributed by atoms with Crippen molar-refractivity contribution in [2.45, 2.75) is 12.5 Å². The molecule has 0 radical (unpaired) electrons. The summed E-state index contributed by atoms with van der Waals surface area (Å²) in [6.07, 6.45) is 4.05. The largest absolute Gasteiger partial charge is 0.491 e. The van der Waals surface area contributed by atoms with Crippen molar-refractivity contribution in [3.05, 3.63) is 52.2 Å². The van der Waals surface area contributed by atoms with Gasteiger partial charge < -0.3 is 25.7 Å². The molecule has 3 heterocycles. The Morgan fingerprint density at radius 3 is 2.93 bits per heavy atom. The predicted molar refractivity (Wildman–Crippen MR) is 105 cm³/mol. The van der Waals surface area contributed by atoms with E-state index in [9.17, 15) is 9.18 Å². The maximum Gasteiger partial charge on any atom is 0.258 e. The molecular weight excluding hydrogens is 385 g/mol. The molecule has 2 saturated heterocycles. The van der Waals surface area contributed by atoms with Gasteiger partial charge in [-0.1, -0.05) is 11.6 Å². The van der Waals surface area contributed by atoms with Crippen LogP contribution < -0.4 is 15.4 Å². The summed E-state index contributed by atoms with van der Waals surface area (Å²) in [5.41, 5.74) is 1.19. The molecule has 3 aliphatic heterocycles. The van der Waals surface area contributed by atoms with E-state index in [1.54, 1.807) is 6.20 Å². The highest BCUT2D eigenvalue weighted by atomic mass is 35.5. The molecule has 1 amide bonds. The first-order valence-corrected chi connectivity index (χ1v) is 9.31. The fraction of sp³-hybridized carbons (Fsp3) is 0.316. The van der Waals surface area contributed by atoms with Crippen molar-refractivity contribution in [3.63, 3.8) is 0 Å². The average molecular weight is 404 g/mol. The van der Waals surface area contributed by atoms with Crippen LogP contribution in [0.4, 0.5) is 4.39 Å². The number of hydrogen-bond donors (Lipinski definition) is 3. The Morgan fingerprint density at radius 1 is 1.43 bits per heavy atom. The lowest BCUT2D eigenvalue weighted by Crippen LogP contribution is -2.46. The Morgan fingerprint density at radius 2 is 2.25 bits per heavy atom. The summed E-state index contributed by atoms with van der Waals surface area (Å²) in [6.45, 7) is 1.69. The second-order valence-electron chi connectivity index (χ2n) is 6.79. The van der Waals surface area contributed by atoms with Gasteiger partial charge >= 0.3 is 0 Å². The highest BCUT2D eigenvalue weighted by Gasteiger charge is 2.31. The number of nitrogens with zero attached hydrogens (tertiary/aromatic N) is 2. The second kappa shape index (κ2) is 7.73. The smallest absolute Gasteiger partial charge is 0.258 e. The first-order chi connectivity index (χ1) is 13.5. The molecule has 1 atom stereocenters. The van der Waals surface area contributed by atoms with E-state index in [-0.39, 0.29) is 36.4 Å². The fourth-order valence-corrected chi connectivity index (χ4v) is 3.24. The molecule has 3 aliphatic rings. The Kier molecular flexibility index (Phi) is 5.15. The third kappa shape index (κ3) is 3.79. The number of halogens is 2. The van der Waals surface area contributed by atoms with Gasteiger partial charge in [-0.15, -0.1) is 0 Å². The lowest BCUT2D eigenvalue weighted by atomic mass is 10.1. The highest BCUT2D eigenvalue weighted by molar-refractivity contribution is 6.39. The normalized spacial score (nSPS) is 23.9. The number of nitrogens with one attached hydrogen (secondary N) is 3. The van der Waals surface area contributed by atoms with Crippen molar-refractivity contribution < 1.29 is 13.9 Å². The van der Waals surface area contributed by atoms with E-state index in [0.717, 1.165) is 13.0 Å². The minimum atomic E-state index is -0.463. The summed E-state index contributed by atoms with van der Waals surface area (Å²) < 4.78 is 19.4. The zero-order valence-electron chi connectivity index (χ0n) is 15.0. The molecule has 4 rings (SSSR count). The molecule has 9 heteroatoms. The topological polar surface area (TPSA) is 89.8 Å². The zero-order valence-corrected chi connectivity index (χ0v) is 15.7. The Bertz CT molecular complexity index is 923. The molecule has 1 aromatic rings. The van der Waals surface area contributed by atoms with Gasteiger partial charge in [0.1, 0.15) is 24.0 Å². The summed E-state index contributed by atoms with van der Waals surface area (Å²) in [5, 5.41) is 14.8. The first-order valence-electron chi connectivity index (χ1n) is 8.93. The summed E-state index contributed by atoms with van der Waals surface area (Å²) in [4.78, 5) is 18.7. The summed E-state index contributed by atoms with van der Waals surface area (Å²) in [7, 11) is 0. The van der Waals surface area contributed by atoms with Crippen molar-refractivity contribution in [2.24, 2.45) is 4.99 Å². The number of aliphatic imine (C=N–C) groups is 1. The molecule has 0 aliphatic carbocycles. The van der Waals surface area contributed by atoms with E-state index < -0.39 is 5.82 Å². The van der Waals surface area contributed by atoms with E-state index in [1.165, 1.54) is 29.3 Å². The molecule has 1 unspecified atom stereocenters. The van der Waals surface area contributed by atoms with Gasteiger partial charge in [-0.25, -0.2) is 9.38 Å². The molecular formula is C19H19ClFN5O2. The van der Waals surface area contributed by atoms with Crippen molar-refractivity contribution in [3.8, 4) is 5.75 Å². The number of amides is 1. The van der Waals surface area contributed by atoms with Crippen LogP contribution >= 0.6 is 11.6 Å². The van der Waals surface area contributed by atoms with Crippen molar-refractivity contribution in [2.75, 3.05) is 26.2 Å². The summed E-state index contributed by atoms with van der Waals surface area (Å²) >= 11 is 5.84. The first kappa shape index (κ1) is 18.6. The van der Waals surface area contributed by atoms with E-state index in [2.05, 4.69) is 15.6 Å². The summed E-state index contributed by atoms with van der Waals surface area (Å²) in [5.74, 6) is -0.0639. The van der Waals surface area contributed by atoms with Crippen LogP contribution in [0.5, 0.6) is 5.75 Å². The molecule has 0 bridgehead atoms. The van der Waals surface area contributed by atoms with Crippen LogP contribution in [0.15, 0.2) is 45.8 Å². The number of allylic oxidation sites excluding steroid dienone is 1. The second-order valence-corrected chi connectivity index (χ2v) is 7.23. The number of likely N-dealkylation sites (tertiary alicyclic amines) is 1. The number of carbonyl (C=O) groups excluding carboxylic acids is 1. The van der Waals surface area contributed by atoms with Crippen LogP contribution in [0.3, 0.4) is 0 Å². The molecule has 1 aromatic carbocycles. The van der Waals surface area contributed by atoms with Gasteiger partial charge in [0.15, 0.2) is 0 Å². The van der Waals surface area contributed by atoms with Gasteiger partial charge in [-0.3, -0.25) is 4.79 Å². The molecule has 146 valence electrons.